The maximum atomic E-state index is 12.2. The van der Waals surface area contributed by atoms with Crippen molar-refractivity contribution in [2.24, 2.45) is 0 Å². The quantitative estimate of drug-likeness (QED) is 0.783. The first kappa shape index (κ1) is 17.6. The van der Waals surface area contributed by atoms with Gasteiger partial charge in [-0.05, 0) is 30.3 Å². The summed E-state index contributed by atoms with van der Waals surface area (Å²) in [6.45, 7) is -0.147. The van der Waals surface area contributed by atoms with Crippen LogP contribution >= 0.6 is 0 Å². The van der Waals surface area contributed by atoms with E-state index in [0.717, 1.165) is 6.07 Å². The Morgan fingerprint density at radius 1 is 1.12 bits per heavy atom. The zero-order valence-electron chi connectivity index (χ0n) is 12.8. The fraction of sp³-hybridized carbons (Fsp3) is 0.188. The van der Waals surface area contributed by atoms with Crippen molar-refractivity contribution >= 4 is 15.8 Å². The standard InChI is InChI=1S/C16H16O7S/c1-22-11-3-2-4-13(9-11)24(20,21)8-7-23-12-5-6-14(16(18)19)15(17)10-12/h2-6,9-10,17H,7-8H2,1H3,(H,18,19). The minimum atomic E-state index is -3.56. The van der Waals surface area contributed by atoms with Crippen molar-refractivity contribution in [2.45, 2.75) is 4.90 Å². The van der Waals surface area contributed by atoms with Gasteiger partial charge in [-0.15, -0.1) is 0 Å². The molecule has 0 unspecified atom stereocenters. The number of ether oxygens (including phenoxy) is 2. The topological polar surface area (TPSA) is 110 Å². The summed E-state index contributed by atoms with van der Waals surface area (Å²) in [5.74, 6) is -1.37. The number of carboxylic acids is 1. The highest BCUT2D eigenvalue weighted by Crippen LogP contribution is 2.24. The average molecular weight is 352 g/mol. The zero-order valence-corrected chi connectivity index (χ0v) is 13.6. The fourth-order valence-corrected chi connectivity index (χ4v) is 3.08. The highest BCUT2D eigenvalue weighted by atomic mass is 32.2. The van der Waals surface area contributed by atoms with Gasteiger partial charge in [-0.3, -0.25) is 0 Å². The van der Waals surface area contributed by atoms with Gasteiger partial charge in [-0.25, -0.2) is 13.2 Å². The lowest BCUT2D eigenvalue weighted by atomic mass is 10.2. The number of benzene rings is 2. The number of phenols is 1. The van der Waals surface area contributed by atoms with E-state index in [1.165, 1.54) is 31.4 Å². The molecule has 0 saturated heterocycles. The molecule has 2 aromatic rings. The SMILES string of the molecule is COc1cccc(S(=O)(=O)CCOc2ccc(C(=O)O)c(O)c2)c1. The molecule has 0 aliphatic heterocycles. The predicted molar refractivity (Wildman–Crippen MR) is 85.6 cm³/mol. The lowest BCUT2D eigenvalue weighted by Crippen LogP contribution is -2.14. The van der Waals surface area contributed by atoms with Crippen molar-refractivity contribution in [2.75, 3.05) is 19.5 Å². The molecule has 0 spiro atoms. The van der Waals surface area contributed by atoms with Crippen LogP contribution in [0.15, 0.2) is 47.4 Å². The number of sulfone groups is 1. The van der Waals surface area contributed by atoms with Crippen LogP contribution in [0, 0.1) is 0 Å². The third kappa shape index (κ3) is 4.17. The largest absolute Gasteiger partial charge is 0.507 e. The third-order valence-electron chi connectivity index (χ3n) is 3.22. The van der Waals surface area contributed by atoms with E-state index in [-0.39, 0.29) is 28.6 Å². The van der Waals surface area contributed by atoms with Crippen LogP contribution in [0.2, 0.25) is 0 Å². The van der Waals surface area contributed by atoms with Crippen LogP contribution in [0.4, 0.5) is 0 Å². The van der Waals surface area contributed by atoms with E-state index in [1.807, 2.05) is 0 Å². The number of aromatic hydroxyl groups is 1. The molecular formula is C16H16O7S. The molecule has 0 aromatic heterocycles. The maximum absolute atomic E-state index is 12.2. The van der Waals surface area contributed by atoms with Crippen molar-refractivity contribution in [3.63, 3.8) is 0 Å². The molecule has 0 amide bonds. The molecule has 0 heterocycles. The van der Waals surface area contributed by atoms with E-state index in [2.05, 4.69) is 0 Å². The Bertz CT molecular complexity index is 843. The van der Waals surface area contributed by atoms with Crippen LogP contribution in [0.3, 0.4) is 0 Å². The summed E-state index contributed by atoms with van der Waals surface area (Å²) in [4.78, 5) is 10.9. The Morgan fingerprint density at radius 3 is 2.50 bits per heavy atom. The first-order valence-corrected chi connectivity index (χ1v) is 8.54. The monoisotopic (exact) mass is 352 g/mol. The van der Waals surface area contributed by atoms with Crippen LogP contribution in [-0.4, -0.2) is 44.1 Å². The van der Waals surface area contributed by atoms with Gasteiger partial charge in [0.2, 0.25) is 0 Å². The van der Waals surface area contributed by atoms with Crippen LogP contribution in [0.1, 0.15) is 10.4 Å². The Labute approximate surface area is 139 Å². The molecule has 2 N–H and O–H groups in total. The number of rotatable bonds is 7. The van der Waals surface area contributed by atoms with Gasteiger partial charge in [0.15, 0.2) is 9.84 Å². The zero-order chi connectivity index (χ0) is 17.7. The van der Waals surface area contributed by atoms with E-state index in [0.29, 0.717) is 5.75 Å². The fourth-order valence-electron chi connectivity index (χ4n) is 1.96. The molecule has 8 heteroatoms. The number of carbonyl (C=O) groups is 1. The number of hydrogen-bond acceptors (Lipinski definition) is 6. The van der Waals surface area contributed by atoms with Crippen LogP contribution in [-0.2, 0) is 9.84 Å². The summed E-state index contributed by atoms with van der Waals surface area (Å²) < 4.78 is 34.7. The molecule has 2 aromatic carbocycles. The molecule has 0 atom stereocenters. The molecule has 24 heavy (non-hydrogen) atoms. The number of methoxy groups -OCH3 is 1. The summed E-state index contributed by atoms with van der Waals surface area (Å²) in [7, 11) is -2.11. The summed E-state index contributed by atoms with van der Waals surface area (Å²) in [6, 6.07) is 9.76. The smallest absolute Gasteiger partial charge is 0.339 e. The van der Waals surface area contributed by atoms with Gasteiger partial charge in [0.05, 0.1) is 17.8 Å². The molecule has 0 fully saturated rings. The minimum absolute atomic E-state index is 0.120. The average Bonchev–Trinajstić information content (AvgIpc) is 2.54. The first-order chi connectivity index (χ1) is 11.3. The summed E-state index contributed by atoms with van der Waals surface area (Å²) in [5, 5.41) is 18.4. The predicted octanol–water partition coefficient (Wildman–Crippen LogP) is 1.95. The van der Waals surface area contributed by atoms with Crippen molar-refractivity contribution < 1.29 is 32.9 Å². The lowest BCUT2D eigenvalue weighted by molar-refractivity contribution is 0.0693. The molecule has 0 aliphatic rings. The highest BCUT2D eigenvalue weighted by Gasteiger charge is 2.16. The van der Waals surface area contributed by atoms with Gasteiger partial charge < -0.3 is 19.7 Å². The van der Waals surface area contributed by atoms with E-state index in [1.54, 1.807) is 12.1 Å². The second-order valence-electron chi connectivity index (χ2n) is 4.83. The number of aromatic carboxylic acids is 1. The maximum Gasteiger partial charge on any atom is 0.339 e. The van der Waals surface area contributed by atoms with Crippen LogP contribution in [0.25, 0.3) is 0 Å². The van der Waals surface area contributed by atoms with Gasteiger partial charge in [0.1, 0.15) is 29.4 Å². The Hall–Kier alpha value is -2.74. The molecular weight excluding hydrogens is 336 g/mol. The second kappa shape index (κ2) is 7.22. The van der Waals surface area contributed by atoms with E-state index < -0.39 is 21.6 Å². The van der Waals surface area contributed by atoms with Gasteiger partial charge >= 0.3 is 5.97 Å². The van der Waals surface area contributed by atoms with Crippen molar-refractivity contribution in [3.05, 3.63) is 48.0 Å². The van der Waals surface area contributed by atoms with Crippen molar-refractivity contribution in [3.8, 4) is 17.2 Å². The second-order valence-corrected chi connectivity index (χ2v) is 6.94. The van der Waals surface area contributed by atoms with Crippen LogP contribution < -0.4 is 9.47 Å². The van der Waals surface area contributed by atoms with Crippen molar-refractivity contribution in [1.82, 2.24) is 0 Å². The third-order valence-corrected chi connectivity index (χ3v) is 4.90. The van der Waals surface area contributed by atoms with E-state index in [9.17, 15) is 18.3 Å². The van der Waals surface area contributed by atoms with Crippen LogP contribution in [0.5, 0.6) is 17.2 Å². The number of carboxylic acid groups (broad SMARTS) is 1. The summed E-state index contributed by atoms with van der Waals surface area (Å²) in [6.07, 6.45) is 0. The van der Waals surface area contributed by atoms with E-state index in [4.69, 9.17) is 14.6 Å². The Morgan fingerprint density at radius 2 is 1.88 bits per heavy atom. The summed E-state index contributed by atoms with van der Waals surface area (Å²) in [5.41, 5.74) is -0.258. The normalized spacial score (nSPS) is 11.0. The Balaban J connectivity index is 2.02. The molecule has 0 bridgehead atoms. The minimum Gasteiger partial charge on any atom is -0.507 e. The molecule has 2 rings (SSSR count). The summed E-state index contributed by atoms with van der Waals surface area (Å²) >= 11 is 0. The van der Waals surface area contributed by atoms with Gasteiger partial charge in [-0.1, -0.05) is 6.07 Å². The Kier molecular flexibility index (Phi) is 5.30. The lowest BCUT2D eigenvalue weighted by Gasteiger charge is -2.09. The molecule has 0 saturated carbocycles. The van der Waals surface area contributed by atoms with Crippen molar-refractivity contribution in [1.29, 1.82) is 0 Å². The number of hydrogen-bond donors (Lipinski definition) is 2. The molecule has 128 valence electrons. The highest BCUT2D eigenvalue weighted by molar-refractivity contribution is 7.91. The van der Waals surface area contributed by atoms with Gasteiger partial charge in [0.25, 0.3) is 0 Å². The molecule has 0 radical (unpaired) electrons. The van der Waals surface area contributed by atoms with E-state index >= 15 is 0 Å². The van der Waals surface area contributed by atoms with Gasteiger partial charge in [0, 0.05) is 6.07 Å². The first-order valence-electron chi connectivity index (χ1n) is 6.89. The molecule has 0 aliphatic carbocycles. The van der Waals surface area contributed by atoms with Gasteiger partial charge in [-0.2, -0.15) is 0 Å². The molecule has 7 nitrogen and oxygen atoms in total.